The lowest BCUT2D eigenvalue weighted by Crippen LogP contribution is -2.31. The molecule has 0 saturated heterocycles. The van der Waals surface area contributed by atoms with Crippen LogP contribution >= 0.6 is 0 Å². The van der Waals surface area contributed by atoms with Gasteiger partial charge in [0.05, 0.1) is 10.9 Å². The van der Waals surface area contributed by atoms with E-state index in [9.17, 15) is 0 Å². The maximum Gasteiger partial charge on any atom is 0.228 e. The highest BCUT2D eigenvalue weighted by molar-refractivity contribution is 6.13. The van der Waals surface area contributed by atoms with E-state index in [-0.39, 0.29) is 0 Å². The Balaban J connectivity index is 1.72. The summed E-state index contributed by atoms with van der Waals surface area (Å²) >= 11 is 0. The summed E-state index contributed by atoms with van der Waals surface area (Å²) in [6, 6.07) is 22.2. The summed E-state index contributed by atoms with van der Waals surface area (Å²) in [6.45, 7) is 6.76. The van der Waals surface area contributed by atoms with Crippen molar-refractivity contribution in [2.45, 2.75) is 27.2 Å². The zero-order chi connectivity index (χ0) is 21.3. The molecule has 0 saturated carbocycles. The van der Waals surface area contributed by atoms with E-state index in [2.05, 4.69) is 99.2 Å². The predicted molar refractivity (Wildman–Crippen MR) is 129 cm³/mol. The number of rotatable bonds is 2. The molecule has 2 heteroatoms. The molecule has 0 unspecified atom stereocenters. The molecule has 0 atom stereocenters. The molecule has 152 valence electrons. The first-order chi connectivity index (χ1) is 15.0. The number of hydrogen-bond donors (Lipinski definition) is 0. The second kappa shape index (κ2) is 6.55. The number of benzene rings is 4. The molecule has 1 aliphatic heterocycles. The summed E-state index contributed by atoms with van der Waals surface area (Å²) in [5.41, 5.74) is 5.10. The highest BCUT2D eigenvalue weighted by Crippen LogP contribution is 2.50. The fourth-order valence-corrected chi connectivity index (χ4v) is 5.25. The first-order valence-corrected chi connectivity index (χ1v) is 11.1. The lowest BCUT2D eigenvalue weighted by Gasteiger charge is -2.23. The van der Waals surface area contributed by atoms with E-state index in [1.165, 1.54) is 54.7 Å². The van der Waals surface area contributed by atoms with Gasteiger partial charge >= 0.3 is 0 Å². The van der Waals surface area contributed by atoms with Crippen molar-refractivity contribution < 1.29 is 9.30 Å². The normalized spacial score (nSPS) is 12.5. The van der Waals surface area contributed by atoms with Gasteiger partial charge in [0.25, 0.3) is 0 Å². The number of hydrogen-bond acceptors (Lipinski definition) is 1. The molecule has 5 aromatic rings. The van der Waals surface area contributed by atoms with Gasteiger partial charge in [0.1, 0.15) is 18.5 Å². The molecule has 0 aliphatic carbocycles. The van der Waals surface area contributed by atoms with E-state index in [4.69, 9.17) is 4.74 Å². The number of pyridine rings is 1. The number of nitrogens with zero attached hydrogens (tertiary/aromatic N) is 1. The van der Waals surface area contributed by atoms with Gasteiger partial charge in [-0.3, -0.25) is 0 Å². The van der Waals surface area contributed by atoms with Gasteiger partial charge in [-0.25, -0.2) is 4.57 Å². The second-order valence-corrected chi connectivity index (χ2v) is 9.30. The number of aromatic nitrogens is 1. The number of aryl methyl sites for hydroxylation is 2. The lowest BCUT2D eigenvalue weighted by atomic mass is 9.90. The topological polar surface area (TPSA) is 13.1 Å². The van der Waals surface area contributed by atoms with Crippen molar-refractivity contribution in [1.29, 1.82) is 0 Å². The highest BCUT2D eigenvalue weighted by atomic mass is 16.5. The Hall–Kier alpha value is -3.39. The molecular weight excluding hydrogens is 378 g/mol. The summed E-state index contributed by atoms with van der Waals surface area (Å²) in [6.07, 6.45) is 3.27. The number of ether oxygens (including phenoxy) is 1. The van der Waals surface area contributed by atoms with Gasteiger partial charge < -0.3 is 4.74 Å². The molecule has 0 fully saturated rings. The largest absolute Gasteiger partial charge is 0.455 e. The minimum absolute atomic E-state index is 0.640. The van der Waals surface area contributed by atoms with Crippen LogP contribution in [0.3, 0.4) is 0 Å². The third kappa shape index (κ3) is 2.68. The molecule has 6 rings (SSSR count). The van der Waals surface area contributed by atoms with E-state index in [0.29, 0.717) is 5.92 Å². The van der Waals surface area contributed by atoms with Crippen LogP contribution in [0.25, 0.3) is 43.6 Å². The summed E-state index contributed by atoms with van der Waals surface area (Å²) in [4.78, 5) is 0. The van der Waals surface area contributed by atoms with E-state index in [0.717, 1.165) is 17.9 Å². The Bertz CT molecular complexity index is 1530. The summed E-state index contributed by atoms with van der Waals surface area (Å²) < 4.78 is 8.96. The van der Waals surface area contributed by atoms with Crippen LogP contribution in [0.2, 0.25) is 0 Å². The van der Waals surface area contributed by atoms with Crippen molar-refractivity contribution in [2.75, 3.05) is 0 Å². The molecule has 0 bridgehead atoms. The Morgan fingerprint density at radius 2 is 1.71 bits per heavy atom. The smallest absolute Gasteiger partial charge is 0.228 e. The number of fused-ring (bicyclic) bond motifs is 5. The fraction of sp³-hybridized carbons (Fsp3) is 0.207. The summed E-state index contributed by atoms with van der Waals surface area (Å²) in [7, 11) is 2.14. The molecule has 0 amide bonds. The van der Waals surface area contributed by atoms with Crippen molar-refractivity contribution in [1.82, 2.24) is 0 Å². The van der Waals surface area contributed by atoms with Gasteiger partial charge in [-0.2, -0.15) is 0 Å². The van der Waals surface area contributed by atoms with Crippen molar-refractivity contribution in [3.8, 4) is 22.8 Å². The van der Waals surface area contributed by atoms with Gasteiger partial charge in [0.2, 0.25) is 5.69 Å². The maximum atomic E-state index is 6.71. The Morgan fingerprint density at radius 1 is 0.871 bits per heavy atom. The van der Waals surface area contributed by atoms with Crippen molar-refractivity contribution in [3.63, 3.8) is 0 Å². The van der Waals surface area contributed by atoms with Crippen LogP contribution in [0.5, 0.6) is 11.5 Å². The van der Waals surface area contributed by atoms with Gasteiger partial charge in [-0.15, -0.1) is 0 Å². The molecule has 0 radical (unpaired) electrons. The molecular formula is C29H26NO+. The van der Waals surface area contributed by atoms with Crippen LogP contribution in [-0.2, 0) is 13.5 Å². The van der Waals surface area contributed by atoms with Gasteiger partial charge in [-0.05, 0) is 64.1 Å². The first-order valence-electron chi connectivity index (χ1n) is 11.1. The Kier molecular flexibility index (Phi) is 3.89. The van der Waals surface area contributed by atoms with Crippen LogP contribution in [0, 0.1) is 12.8 Å². The Morgan fingerprint density at radius 3 is 2.55 bits per heavy atom. The minimum atomic E-state index is 0.640. The standard InChI is InChI=1S/C29H26NO/c1-17(2)13-19-9-10-24-22(14-19)15-21-11-12-30(4)28-26-18(3)23-8-6-5-7-20(23)16-25(26)31-29(24)27(21)28/h5-12,14-17H,13H2,1-4H3/q+1. The van der Waals surface area contributed by atoms with Gasteiger partial charge in [-0.1, -0.05) is 56.3 Å². The zero-order valence-electron chi connectivity index (χ0n) is 18.5. The minimum Gasteiger partial charge on any atom is -0.455 e. The SMILES string of the molecule is Cc1c2c(cc3ccccc13)Oc1c3ccc(CC(C)C)cc3cc3cc[n+](C)c-2c13. The van der Waals surface area contributed by atoms with Crippen LogP contribution in [0.1, 0.15) is 25.0 Å². The summed E-state index contributed by atoms with van der Waals surface area (Å²) in [5, 5.41) is 7.38. The quantitative estimate of drug-likeness (QED) is 0.219. The lowest BCUT2D eigenvalue weighted by molar-refractivity contribution is -0.659. The van der Waals surface area contributed by atoms with Crippen molar-refractivity contribution in [2.24, 2.45) is 13.0 Å². The third-order valence-electron chi connectivity index (χ3n) is 6.62. The summed E-state index contributed by atoms with van der Waals surface area (Å²) in [5.74, 6) is 2.57. The predicted octanol–water partition coefficient (Wildman–Crippen LogP) is 7.25. The van der Waals surface area contributed by atoms with Crippen LogP contribution in [0.15, 0.2) is 66.9 Å². The van der Waals surface area contributed by atoms with Crippen LogP contribution in [0.4, 0.5) is 0 Å². The molecule has 1 aromatic heterocycles. The fourth-order valence-electron chi connectivity index (χ4n) is 5.25. The highest BCUT2D eigenvalue weighted by Gasteiger charge is 2.31. The van der Waals surface area contributed by atoms with E-state index in [1.54, 1.807) is 0 Å². The molecule has 1 aliphatic rings. The average Bonchev–Trinajstić information content (AvgIpc) is 2.75. The monoisotopic (exact) mass is 404 g/mol. The van der Waals surface area contributed by atoms with Gasteiger partial charge in [0.15, 0.2) is 6.20 Å². The second-order valence-electron chi connectivity index (χ2n) is 9.30. The molecule has 2 heterocycles. The Labute approximate surface area is 182 Å². The van der Waals surface area contributed by atoms with Crippen LogP contribution in [-0.4, -0.2) is 0 Å². The maximum absolute atomic E-state index is 6.71. The first kappa shape index (κ1) is 18.4. The molecule has 0 spiro atoms. The van der Waals surface area contributed by atoms with E-state index in [1.807, 2.05) is 0 Å². The molecule has 2 nitrogen and oxygen atoms in total. The van der Waals surface area contributed by atoms with E-state index >= 15 is 0 Å². The molecule has 0 N–H and O–H groups in total. The van der Waals surface area contributed by atoms with E-state index < -0.39 is 0 Å². The van der Waals surface area contributed by atoms with Gasteiger partial charge in [0, 0.05) is 11.5 Å². The molecule has 31 heavy (non-hydrogen) atoms. The van der Waals surface area contributed by atoms with Crippen molar-refractivity contribution in [3.05, 3.63) is 78.0 Å². The molecule has 4 aromatic carbocycles. The van der Waals surface area contributed by atoms with Crippen molar-refractivity contribution >= 4 is 32.3 Å². The van der Waals surface area contributed by atoms with Crippen LogP contribution < -0.4 is 9.30 Å². The zero-order valence-corrected chi connectivity index (χ0v) is 18.5. The average molecular weight is 405 g/mol. The third-order valence-corrected chi connectivity index (χ3v) is 6.62.